The van der Waals surface area contributed by atoms with Crippen molar-refractivity contribution < 1.29 is 4.79 Å². The zero-order valence-electron chi connectivity index (χ0n) is 18.8. The molecule has 0 bridgehead atoms. The Morgan fingerprint density at radius 2 is 1.75 bits per heavy atom. The number of piperazine rings is 1. The summed E-state index contributed by atoms with van der Waals surface area (Å²) in [6.45, 7) is 8.86. The van der Waals surface area contributed by atoms with E-state index in [-0.39, 0.29) is 18.3 Å². The third-order valence-corrected chi connectivity index (χ3v) is 5.85. The Bertz CT molecular complexity index is 1040. The number of carbonyl (C=O) groups is 1. The molecule has 0 atom stereocenters. The minimum absolute atomic E-state index is 0. The van der Waals surface area contributed by atoms with Crippen LogP contribution in [0.4, 0.5) is 5.82 Å². The number of amides is 1. The lowest BCUT2D eigenvalue weighted by molar-refractivity contribution is -0.119. The zero-order valence-corrected chi connectivity index (χ0v) is 19.6. The summed E-state index contributed by atoms with van der Waals surface area (Å²) in [5.41, 5.74) is 5.49. The van der Waals surface area contributed by atoms with Crippen molar-refractivity contribution in [1.29, 1.82) is 0 Å². The molecule has 1 saturated heterocycles. The Balaban J connectivity index is 0.00000289. The van der Waals surface area contributed by atoms with E-state index in [2.05, 4.69) is 37.1 Å². The standard InChI is InChI=1S/C23H29N7O.ClH/c1-17-21(15-27-28(17)3)16-29-10-12-30(13-11-29)23-22(24-8-9-25-23)20-6-4-19(5-7-20)14-26-18(2)31;/h4-9,15H,10-14,16H2,1-3H3,(H,26,31);1H. The molecular formula is C23H30ClN7O. The Morgan fingerprint density at radius 3 is 2.38 bits per heavy atom. The molecule has 9 heteroatoms. The van der Waals surface area contributed by atoms with E-state index in [0.717, 1.165) is 55.4 Å². The van der Waals surface area contributed by atoms with E-state index in [1.54, 1.807) is 12.4 Å². The molecule has 3 aromatic rings. The van der Waals surface area contributed by atoms with Gasteiger partial charge in [0.05, 0.1) is 6.20 Å². The summed E-state index contributed by atoms with van der Waals surface area (Å²) >= 11 is 0. The number of hydrogen-bond donors (Lipinski definition) is 1. The second-order valence-corrected chi connectivity index (χ2v) is 7.98. The van der Waals surface area contributed by atoms with Gasteiger partial charge in [0, 0.05) is 82.5 Å². The first-order valence-corrected chi connectivity index (χ1v) is 10.6. The fraction of sp³-hybridized carbons (Fsp3) is 0.391. The van der Waals surface area contributed by atoms with Crippen LogP contribution in [0.5, 0.6) is 0 Å². The molecule has 1 aliphatic rings. The van der Waals surface area contributed by atoms with E-state index in [9.17, 15) is 4.79 Å². The van der Waals surface area contributed by atoms with Gasteiger partial charge < -0.3 is 10.2 Å². The van der Waals surface area contributed by atoms with Crippen LogP contribution in [0.15, 0.2) is 42.9 Å². The number of benzene rings is 1. The van der Waals surface area contributed by atoms with Gasteiger partial charge in [-0.05, 0) is 12.5 Å². The van der Waals surface area contributed by atoms with E-state index >= 15 is 0 Å². The predicted molar refractivity (Wildman–Crippen MR) is 128 cm³/mol. The summed E-state index contributed by atoms with van der Waals surface area (Å²) in [6, 6.07) is 8.15. The molecule has 1 aromatic carbocycles. The summed E-state index contributed by atoms with van der Waals surface area (Å²) in [4.78, 5) is 25.2. The van der Waals surface area contributed by atoms with Gasteiger partial charge in [-0.3, -0.25) is 19.4 Å². The SMILES string of the molecule is CC(=O)NCc1ccc(-c2nccnc2N2CCN(Cc3cnn(C)c3C)CC2)cc1.Cl. The monoisotopic (exact) mass is 455 g/mol. The first kappa shape index (κ1) is 23.7. The fourth-order valence-corrected chi connectivity index (χ4v) is 3.83. The van der Waals surface area contributed by atoms with E-state index in [1.165, 1.54) is 18.2 Å². The van der Waals surface area contributed by atoms with E-state index in [1.807, 2.05) is 42.2 Å². The highest BCUT2D eigenvalue weighted by atomic mass is 35.5. The predicted octanol–water partition coefficient (Wildman–Crippen LogP) is 2.57. The van der Waals surface area contributed by atoms with Crippen molar-refractivity contribution in [3.63, 3.8) is 0 Å². The number of carbonyl (C=O) groups excluding carboxylic acids is 1. The molecule has 4 rings (SSSR count). The number of hydrogen-bond acceptors (Lipinski definition) is 6. The second-order valence-electron chi connectivity index (χ2n) is 7.98. The van der Waals surface area contributed by atoms with E-state index in [0.29, 0.717) is 6.54 Å². The third-order valence-electron chi connectivity index (χ3n) is 5.85. The molecule has 1 amide bonds. The Hall–Kier alpha value is -2.97. The number of anilines is 1. The van der Waals surface area contributed by atoms with Crippen LogP contribution in [-0.2, 0) is 24.9 Å². The summed E-state index contributed by atoms with van der Waals surface area (Å²) < 4.78 is 1.93. The number of halogens is 1. The summed E-state index contributed by atoms with van der Waals surface area (Å²) in [5, 5.41) is 7.18. The van der Waals surface area contributed by atoms with Gasteiger partial charge in [0.1, 0.15) is 5.69 Å². The van der Waals surface area contributed by atoms with Crippen molar-refractivity contribution in [3.05, 3.63) is 59.7 Å². The molecule has 3 heterocycles. The van der Waals surface area contributed by atoms with Gasteiger partial charge >= 0.3 is 0 Å². The van der Waals surface area contributed by atoms with Gasteiger partial charge in [0.15, 0.2) is 5.82 Å². The van der Waals surface area contributed by atoms with Crippen molar-refractivity contribution in [2.45, 2.75) is 26.9 Å². The highest BCUT2D eigenvalue weighted by Crippen LogP contribution is 2.28. The zero-order chi connectivity index (χ0) is 21.8. The number of nitrogens with one attached hydrogen (secondary N) is 1. The molecule has 0 spiro atoms. The molecule has 1 aliphatic heterocycles. The van der Waals surface area contributed by atoms with Gasteiger partial charge in [-0.15, -0.1) is 12.4 Å². The number of aryl methyl sites for hydroxylation is 1. The topological polar surface area (TPSA) is 79.2 Å². The van der Waals surface area contributed by atoms with Crippen LogP contribution in [0, 0.1) is 6.92 Å². The molecule has 170 valence electrons. The first-order valence-electron chi connectivity index (χ1n) is 10.6. The maximum Gasteiger partial charge on any atom is 0.217 e. The average Bonchev–Trinajstić information content (AvgIpc) is 3.11. The van der Waals surface area contributed by atoms with E-state index in [4.69, 9.17) is 0 Å². The summed E-state index contributed by atoms with van der Waals surface area (Å²) in [5.74, 6) is 0.896. The normalized spacial score (nSPS) is 14.2. The quantitative estimate of drug-likeness (QED) is 0.615. The Morgan fingerprint density at radius 1 is 1.06 bits per heavy atom. The lowest BCUT2D eigenvalue weighted by Gasteiger charge is -2.35. The lowest BCUT2D eigenvalue weighted by Crippen LogP contribution is -2.46. The minimum Gasteiger partial charge on any atom is -0.352 e. The second kappa shape index (κ2) is 10.6. The van der Waals surface area contributed by atoms with Gasteiger partial charge in [-0.1, -0.05) is 24.3 Å². The largest absolute Gasteiger partial charge is 0.352 e. The molecule has 0 radical (unpaired) electrons. The maximum absolute atomic E-state index is 11.1. The van der Waals surface area contributed by atoms with Crippen LogP contribution >= 0.6 is 12.4 Å². The van der Waals surface area contributed by atoms with Crippen LogP contribution in [0.3, 0.4) is 0 Å². The number of aromatic nitrogens is 4. The molecular weight excluding hydrogens is 426 g/mol. The van der Waals surface area contributed by atoms with Crippen molar-refractivity contribution >= 4 is 24.1 Å². The van der Waals surface area contributed by atoms with Crippen molar-refractivity contribution in [3.8, 4) is 11.3 Å². The molecule has 1 fully saturated rings. The molecule has 0 unspecified atom stereocenters. The lowest BCUT2D eigenvalue weighted by atomic mass is 10.1. The van der Waals surface area contributed by atoms with Crippen LogP contribution in [0.1, 0.15) is 23.7 Å². The molecule has 1 N–H and O–H groups in total. The molecule has 0 saturated carbocycles. The first-order chi connectivity index (χ1) is 15.0. The van der Waals surface area contributed by atoms with Crippen LogP contribution in [0.2, 0.25) is 0 Å². The van der Waals surface area contributed by atoms with Gasteiger partial charge in [-0.25, -0.2) is 4.98 Å². The molecule has 0 aliphatic carbocycles. The van der Waals surface area contributed by atoms with Crippen molar-refractivity contribution in [1.82, 2.24) is 30.0 Å². The molecule has 2 aromatic heterocycles. The maximum atomic E-state index is 11.1. The van der Waals surface area contributed by atoms with Crippen LogP contribution in [-0.4, -0.2) is 56.7 Å². The average molecular weight is 456 g/mol. The van der Waals surface area contributed by atoms with E-state index < -0.39 is 0 Å². The highest BCUT2D eigenvalue weighted by molar-refractivity contribution is 5.85. The Labute approximate surface area is 195 Å². The molecule has 8 nitrogen and oxygen atoms in total. The highest BCUT2D eigenvalue weighted by Gasteiger charge is 2.22. The van der Waals surface area contributed by atoms with Gasteiger partial charge in [0.2, 0.25) is 5.91 Å². The summed E-state index contributed by atoms with van der Waals surface area (Å²) in [7, 11) is 1.98. The minimum atomic E-state index is -0.0295. The number of nitrogens with zero attached hydrogens (tertiary/aromatic N) is 6. The number of rotatable bonds is 6. The fourth-order valence-electron chi connectivity index (χ4n) is 3.83. The van der Waals surface area contributed by atoms with Crippen molar-refractivity contribution in [2.24, 2.45) is 7.05 Å². The van der Waals surface area contributed by atoms with Crippen molar-refractivity contribution in [2.75, 3.05) is 31.1 Å². The van der Waals surface area contributed by atoms with Gasteiger partial charge in [-0.2, -0.15) is 5.10 Å². The van der Waals surface area contributed by atoms with Gasteiger partial charge in [0.25, 0.3) is 0 Å². The molecule has 32 heavy (non-hydrogen) atoms. The van der Waals surface area contributed by atoms with Crippen LogP contribution in [0.25, 0.3) is 11.3 Å². The summed E-state index contributed by atoms with van der Waals surface area (Å²) in [6.07, 6.45) is 5.47. The van der Waals surface area contributed by atoms with Crippen LogP contribution < -0.4 is 10.2 Å². The third kappa shape index (κ3) is 5.44. The smallest absolute Gasteiger partial charge is 0.217 e. The Kier molecular flexibility index (Phi) is 7.82.